The maximum absolute atomic E-state index is 13.1. The zero-order valence-corrected chi connectivity index (χ0v) is 18.4. The number of amides is 1. The molecule has 152 valence electrons. The second-order valence-electron chi connectivity index (χ2n) is 7.88. The number of carbonyl (C=O) groups excluding carboxylic acids is 1. The van der Waals surface area contributed by atoms with E-state index in [1.807, 2.05) is 20.8 Å². The quantitative estimate of drug-likeness (QED) is 0.599. The average molecular weight is 452 g/mol. The zero-order valence-electron chi connectivity index (χ0n) is 16.1. The van der Waals surface area contributed by atoms with Gasteiger partial charge in [0.1, 0.15) is 5.39 Å². The van der Waals surface area contributed by atoms with Crippen molar-refractivity contribution in [2.24, 2.45) is 0 Å². The summed E-state index contributed by atoms with van der Waals surface area (Å²) in [6.45, 7) is 6.03. The molecule has 1 aromatic carbocycles. The van der Waals surface area contributed by atoms with Gasteiger partial charge in [-0.15, -0.1) is 0 Å². The molecule has 0 fully saturated rings. The van der Waals surface area contributed by atoms with E-state index in [1.54, 1.807) is 33.6 Å². The van der Waals surface area contributed by atoms with Crippen LogP contribution in [0.25, 0.3) is 11.0 Å². The monoisotopic (exact) mass is 451 g/mol. The number of rotatable bonds is 3. The van der Waals surface area contributed by atoms with Crippen LogP contribution in [0.15, 0.2) is 34.3 Å². The van der Waals surface area contributed by atoms with Crippen LogP contribution in [-0.2, 0) is 10.3 Å². The topological polar surface area (TPSA) is 81.8 Å². The van der Waals surface area contributed by atoms with Crippen molar-refractivity contribution in [1.82, 2.24) is 19.3 Å². The Morgan fingerprint density at radius 3 is 2.76 bits per heavy atom. The maximum atomic E-state index is 13.1. The number of nitrogens with one attached hydrogen (secondary N) is 1. The molecule has 7 nitrogen and oxygen atoms in total. The molecule has 0 saturated heterocycles. The Morgan fingerprint density at radius 1 is 1.31 bits per heavy atom. The van der Waals surface area contributed by atoms with Crippen molar-refractivity contribution in [3.8, 4) is 0 Å². The second-order valence-corrected chi connectivity index (χ2v) is 9.68. The molecular weight excluding hydrogens is 433 g/mol. The lowest BCUT2D eigenvalue weighted by Gasteiger charge is -2.20. The molecule has 1 aliphatic heterocycles. The van der Waals surface area contributed by atoms with E-state index in [9.17, 15) is 9.59 Å². The van der Waals surface area contributed by atoms with Crippen molar-refractivity contribution >= 4 is 57.6 Å². The molecule has 4 rings (SSSR count). The molecule has 3 aromatic rings. The first-order valence-electron chi connectivity index (χ1n) is 9.03. The van der Waals surface area contributed by atoms with Crippen LogP contribution in [0, 0.1) is 0 Å². The molecular formula is C19H19Cl2N5O2S. The van der Waals surface area contributed by atoms with Crippen LogP contribution in [0.4, 0.5) is 5.69 Å². The van der Waals surface area contributed by atoms with Crippen LogP contribution < -0.4 is 10.9 Å². The third kappa shape index (κ3) is 3.76. The van der Waals surface area contributed by atoms with Crippen LogP contribution >= 0.6 is 35.0 Å². The molecule has 1 unspecified atom stereocenters. The number of carbonyl (C=O) groups is 1. The van der Waals surface area contributed by atoms with E-state index in [1.165, 1.54) is 11.8 Å². The summed E-state index contributed by atoms with van der Waals surface area (Å²) in [6, 6.07) is 4.62. The molecule has 0 aliphatic carbocycles. The molecule has 1 amide bonds. The summed E-state index contributed by atoms with van der Waals surface area (Å²) < 4.78 is 3.37. The number of benzene rings is 1. The summed E-state index contributed by atoms with van der Waals surface area (Å²) in [5.41, 5.74) is 0.672. The van der Waals surface area contributed by atoms with Gasteiger partial charge in [-0.1, -0.05) is 35.0 Å². The highest BCUT2D eigenvalue weighted by Crippen LogP contribution is 2.34. The minimum absolute atomic E-state index is 0.154. The van der Waals surface area contributed by atoms with Crippen molar-refractivity contribution in [1.29, 1.82) is 0 Å². The second kappa shape index (κ2) is 7.34. The lowest BCUT2D eigenvalue weighted by Crippen LogP contribution is -2.29. The van der Waals surface area contributed by atoms with Crippen LogP contribution in [0.5, 0.6) is 0 Å². The van der Waals surface area contributed by atoms with Crippen molar-refractivity contribution in [3.05, 3.63) is 44.8 Å². The minimum Gasteiger partial charge on any atom is -0.326 e. The molecule has 0 bridgehead atoms. The van der Waals surface area contributed by atoms with E-state index in [-0.39, 0.29) is 29.5 Å². The van der Waals surface area contributed by atoms with Gasteiger partial charge in [0.25, 0.3) is 5.56 Å². The normalized spacial score (nSPS) is 16.2. The number of anilines is 1. The molecule has 0 spiro atoms. The fourth-order valence-electron chi connectivity index (χ4n) is 3.27. The highest BCUT2D eigenvalue weighted by atomic mass is 35.5. The van der Waals surface area contributed by atoms with E-state index >= 15 is 0 Å². The number of hydrogen-bond donors (Lipinski definition) is 1. The van der Waals surface area contributed by atoms with Gasteiger partial charge in [0.15, 0.2) is 10.8 Å². The van der Waals surface area contributed by atoms with Crippen molar-refractivity contribution in [3.63, 3.8) is 0 Å². The van der Waals surface area contributed by atoms with Crippen LogP contribution in [0.2, 0.25) is 10.0 Å². The SMILES string of the molecule is CC(C)(C)n1ncc2c(=O)n3c(nc21)SCC3CC(=O)Nc1ccc(Cl)c(Cl)c1. The summed E-state index contributed by atoms with van der Waals surface area (Å²) in [5.74, 6) is 0.395. The predicted molar refractivity (Wildman–Crippen MR) is 116 cm³/mol. The molecule has 0 radical (unpaired) electrons. The lowest BCUT2D eigenvalue weighted by atomic mass is 10.1. The summed E-state index contributed by atoms with van der Waals surface area (Å²) in [5, 5.41) is 9.02. The number of hydrogen-bond acceptors (Lipinski definition) is 5. The van der Waals surface area contributed by atoms with Crippen molar-refractivity contribution < 1.29 is 4.79 Å². The highest BCUT2D eigenvalue weighted by Gasteiger charge is 2.30. The number of nitrogens with zero attached hydrogens (tertiary/aromatic N) is 4. The predicted octanol–water partition coefficient (Wildman–Crippen LogP) is 4.33. The fourth-order valence-corrected chi connectivity index (χ4v) is 4.70. The van der Waals surface area contributed by atoms with Crippen molar-refractivity contribution in [2.45, 2.75) is 43.9 Å². The van der Waals surface area contributed by atoms with E-state index in [4.69, 9.17) is 23.2 Å². The Bertz CT molecular complexity index is 1180. The van der Waals surface area contributed by atoms with Gasteiger partial charge < -0.3 is 5.32 Å². The third-order valence-electron chi connectivity index (χ3n) is 4.63. The van der Waals surface area contributed by atoms with E-state index in [2.05, 4.69) is 15.4 Å². The molecule has 1 aliphatic rings. The fraction of sp³-hybridized carbons (Fsp3) is 0.368. The Kier molecular flexibility index (Phi) is 5.13. The molecule has 1 atom stereocenters. The largest absolute Gasteiger partial charge is 0.326 e. The van der Waals surface area contributed by atoms with Crippen molar-refractivity contribution in [2.75, 3.05) is 11.1 Å². The van der Waals surface area contributed by atoms with E-state index in [0.29, 0.717) is 37.7 Å². The zero-order chi connectivity index (χ0) is 20.9. The van der Waals surface area contributed by atoms with E-state index < -0.39 is 0 Å². The van der Waals surface area contributed by atoms with Gasteiger partial charge in [-0.25, -0.2) is 9.67 Å². The molecule has 10 heteroatoms. The number of fused-ring (bicyclic) bond motifs is 2. The lowest BCUT2D eigenvalue weighted by molar-refractivity contribution is -0.116. The first kappa shape index (κ1) is 20.3. The van der Waals surface area contributed by atoms with Gasteiger partial charge in [-0.2, -0.15) is 5.10 Å². The molecule has 0 saturated carbocycles. The Balaban J connectivity index is 1.60. The first-order chi connectivity index (χ1) is 13.6. The summed E-state index contributed by atoms with van der Waals surface area (Å²) >= 11 is 13.4. The van der Waals surface area contributed by atoms with Gasteiger partial charge in [0.2, 0.25) is 5.91 Å². The average Bonchev–Trinajstić information content (AvgIpc) is 3.23. The molecule has 29 heavy (non-hydrogen) atoms. The highest BCUT2D eigenvalue weighted by molar-refractivity contribution is 7.99. The van der Waals surface area contributed by atoms with Gasteiger partial charge in [0.05, 0.1) is 27.8 Å². The number of halogens is 2. The Labute approximate surface area is 181 Å². The third-order valence-corrected chi connectivity index (χ3v) is 6.47. The number of aromatic nitrogens is 4. The summed E-state index contributed by atoms with van der Waals surface area (Å²) in [6.07, 6.45) is 1.71. The van der Waals surface area contributed by atoms with Gasteiger partial charge in [-0.3, -0.25) is 14.2 Å². The van der Waals surface area contributed by atoms with Crippen LogP contribution in [0.3, 0.4) is 0 Å². The Hall–Kier alpha value is -2.03. The maximum Gasteiger partial charge on any atom is 0.265 e. The van der Waals surface area contributed by atoms with Crippen LogP contribution in [-0.4, -0.2) is 31.0 Å². The Morgan fingerprint density at radius 2 is 2.07 bits per heavy atom. The molecule has 1 N–H and O–H groups in total. The molecule has 3 heterocycles. The summed E-state index contributed by atoms with van der Waals surface area (Å²) in [4.78, 5) is 30.3. The van der Waals surface area contributed by atoms with Gasteiger partial charge in [-0.05, 0) is 39.0 Å². The van der Waals surface area contributed by atoms with Gasteiger partial charge in [0, 0.05) is 17.9 Å². The van der Waals surface area contributed by atoms with E-state index in [0.717, 1.165) is 0 Å². The summed E-state index contributed by atoms with van der Waals surface area (Å²) in [7, 11) is 0. The first-order valence-corrected chi connectivity index (χ1v) is 10.8. The van der Waals surface area contributed by atoms with Crippen LogP contribution in [0.1, 0.15) is 33.2 Å². The van der Waals surface area contributed by atoms with Gasteiger partial charge >= 0.3 is 0 Å². The minimum atomic E-state index is -0.289. The number of thioether (sulfide) groups is 1. The molecule has 2 aromatic heterocycles. The standard InChI is InChI=1S/C19H19Cl2N5O2S/c1-19(2,3)26-16-12(8-22-26)17(28)25-11(9-29-18(25)24-16)7-15(27)23-10-4-5-13(20)14(21)6-10/h4-6,8,11H,7,9H2,1-3H3,(H,23,27). The smallest absolute Gasteiger partial charge is 0.265 e.